The fourth-order valence-corrected chi connectivity index (χ4v) is 4.98. The van der Waals surface area contributed by atoms with E-state index in [4.69, 9.17) is 22.1 Å². The number of aryl methyl sites for hydroxylation is 1. The molecule has 0 bridgehead atoms. The molecule has 0 aliphatic carbocycles. The van der Waals surface area contributed by atoms with Gasteiger partial charge in [-0.05, 0) is 67.5 Å². The van der Waals surface area contributed by atoms with E-state index in [0.29, 0.717) is 13.1 Å². The number of benzene rings is 1. The van der Waals surface area contributed by atoms with Crippen molar-refractivity contribution < 1.29 is 14.3 Å². The topological polar surface area (TPSA) is 88.8 Å². The highest BCUT2D eigenvalue weighted by atomic mass is 35.5. The van der Waals surface area contributed by atoms with Gasteiger partial charge in [-0.2, -0.15) is 0 Å². The number of amides is 2. The van der Waals surface area contributed by atoms with Crippen LogP contribution < -0.4 is 10.5 Å². The first-order valence-corrected chi connectivity index (χ1v) is 10.9. The summed E-state index contributed by atoms with van der Waals surface area (Å²) in [6.07, 6.45) is 5.38. The van der Waals surface area contributed by atoms with E-state index in [-0.39, 0.29) is 16.7 Å². The van der Waals surface area contributed by atoms with Crippen LogP contribution in [0, 0.1) is 12.3 Å². The summed E-state index contributed by atoms with van der Waals surface area (Å²) >= 11 is 6.21. The SMILES string of the molecule is Cc1cc(Cl)cc(CN2CCC3(CCN(C(=O)Oc4cncc(C(N)=O)c4)CC3)C2)c1. The minimum absolute atomic E-state index is 0.212. The van der Waals surface area contributed by atoms with E-state index < -0.39 is 12.0 Å². The van der Waals surface area contributed by atoms with Gasteiger partial charge in [-0.3, -0.25) is 14.7 Å². The van der Waals surface area contributed by atoms with Crippen LogP contribution >= 0.6 is 11.6 Å². The molecule has 0 atom stereocenters. The number of carbonyl (C=O) groups is 2. The summed E-state index contributed by atoms with van der Waals surface area (Å²) in [5, 5.41) is 0.785. The lowest BCUT2D eigenvalue weighted by molar-refractivity contribution is 0.0950. The quantitative estimate of drug-likeness (QED) is 0.781. The number of hydrogen-bond donors (Lipinski definition) is 1. The summed E-state index contributed by atoms with van der Waals surface area (Å²) in [5.74, 6) is -0.380. The van der Waals surface area contributed by atoms with E-state index in [9.17, 15) is 9.59 Å². The van der Waals surface area contributed by atoms with Crippen molar-refractivity contribution in [3.05, 3.63) is 58.4 Å². The van der Waals surface area contributed by atoms with Gasteiger partial charge in [0.15, 0.2) is 5.75 Å². The number of nitrogens with zero attached hydrogens (tertiary/aromatic N) is 3. The predicted octanol–water partition coefficient (Wildman–Crippen LogP) is 3.63. The number of carbonyl (C=O) groups excluding carboxylic acids is 2. The lowest BCUT2D eigenvalue weighted by Crippen LogP contribution is -2.45. The molecule has 164 valence electrons. The number of pyridine rings is 1. The van der Waals surface area contributed by atoms with Gasteiger partial charge in [-0.1, -0.05) is 17.7 Å². The van der Waals surface area contributed by atoms with Crippen LogP contribution in [-0.2, 0) is 6.54 Å². The lowest BCUT2D eigenvalue weighted by Gasteiger charge is -2.38. The van der Waals surface area contributed by atoms with E-state index in [1.165, 1.54) is 29.6 Å². The largest absolute Gasteiger partial charge is 0.415 e. The van der Waals surface area contributed by atoms with Crippen LogP contribution in [0.5, 0.6) is 5.75 Å². The average molecular weight is 443 g/mol. The summed E-state index contributed by atoms with van der Waals surface area (Å²) < 4.78 is 5.41. The number of aromatic nitrogens is 1. The van der Waals surface area contributed by atoms with E-state index >= 15 is 0 Å². The minimum Gasteiger partial charge on any atom is -0.409 e. The summed E-state index contributed by atoms with van der Waals surface area (Å²) in [4.78, 5) is 32.0. The third kappa shape index (κ3) is 5.17. The Kier molecular flexibility index (Phi) is 6.16. The zero-order valence-electron chi connectivity index (χ0n) is 17.6. The molecular weight excluding hydrogens is 416 g/mol. The highest BCUT2D eigenvalue weighted by Crippen LogP contribution is 2.41. The van der Waals surface area contributed by atoms with Gasteiger partial charge < -0.3 is 15.4 Å². The molecule has 3 heterocycles. The van der Waals surface area contributed by atoms with Gasteiger partial charge in [0.1, 0.15) is 0 Å². The second kappa shape index (κ2) is 8.85. The van der Waals surface area contributed by atoms with Crippen molar-refractivity contribution in [3.8, 4) is 5.75 Å². The molecule has 2 amide bonds. The summed E-state index contributed by atoms with van der Waals surface area (Å²) in [6.45, 7) is 6.37. The minimum atomic E-state index is -0.607. The van der Waals surface area contributed by atoms with Gasteiger partial charge in [0.05, 0.1) is 11.8 Å². The van der Waals surface area contributed by atoms with Crippen LogP contribution in [0.1, 0.15) is 40.7 Å². The number of hydrogen-bond acceptors (Lipinski definition) is 5. The molecule has 1 aromatic heterocycles. The molecule has 2 N–H and O–H groups in total. The van der Waals surface area contributed by atoms with Gasteiger partial charge in [-0.15, -0.1) is 0 Å². The van der Waals surface area contributed by atoms with Gasteiger partial charge in [0.2, 0.25) is 5.91 Å². The van der Waals surface area contributed by atoms with Crippen molar-refractivity contribution in [3.63, 3.8) is 0 Å². The molecule has 2 aliphatic rings. The Labute approximate surface area is 187 Å². The summed E-state index contributed by atoms with van der Waals surface area (Å²) in [6, 6.07) is 7.65. The first kappa shape index (κ1) is 21.6. The average Bonchev–Trinajstić information content (AvgIpc) is 3.09. The standard InChI is InChI=1S/C23H27ClN4O3/c1-16-8-17(10-19(24)9-16)14-27-5-2-23(15-27)3-6-28(7-4-23)22(30)31-20-11-18(21(25)29)12-26-13-20/h8-13H,2-7,14-15H2,1H3,(H2,25,29). The van der Waals surface area contributed by atoms with E-state index in [1.54, 1.807) is 4.90 Å². The molecule has 4 rings (SSSR count). The number of ether oxygens (including phenoxy) is 1. The second-order valence-corrected chi connectivity index (χ2v) is 9.16. The Bertz CT molecular complexity index is 968. The molecule has 0 unspecified atom stereocenters. The van der Waals surface area contributed by atoms with Crippen LogP contribution in [0.25, 0.3) is 0 Å². The van der Waals surface area contributed by atoms with Crippen molar-refractivity contribution >= 4 is 23.6 Å². The molecule has 2 saturated heterocycles. The number of likely N-dealkylation sites (tertiary alicyclic amines) is 2. The first-order valence-electron chi connectivity index (χ1n) is 10.5. The molecule has 2 aromatic rings. The highest BCUT2D eigenvalue weighted by Gasteiger charge is 2.41. The zero-order chi connectivity index (χ0) is 22.0. The number of rotatable bonds is 4. The van der Waals surface area contributed by atoms with Gasteiger partial charge >= 0.3 is 6.09 Å². The van der Waals surface area contributed by atoms with E-state index in [0.717, 1.165) is 43.9 Å². The zero-order valence-corrected chi connectivity index (χ0v) is 18.4. The maximum Gasteiger partial charge on any atom is 0.415 e. The fourth-order valence-electron chi connectivity index (χ4n) is 4.67. The van der Waals surface area contributed by atoms with Gasteiger partial charge in [0.25, 0.3) is 0 Å². The molecule has 2 aliphatic heterocycles. The van der Waals surface area contributed by atoms with Gasteiger partial charge in [-0.25, -0.2) is 4.79 Å². The molecule has 1 spiro atoms. The Morgan fingerprint density at radius 3 is 2.58 bits per heavy atom. The fraction of sp³-hybridized carbons (Fsp3) is 0.435. The number of primary amides is 1. The van der Waals surface area contributed by atoms with Crippen molar-refractivity contribution in [1.82, 2.24) is 14.8 Å². The molecule has 0 saturated carbocycles. The molecule has 31 heavy (non-hydrogen) atoms. The summed E-state index contributed by atoms with van der Waals surface area (Å²) in [7, 11) is 0. The van der Waals surface area contributed by atoms with Crippen molar-refractivity contribution in [2.75, 3.05) is 26.2 Å². The Morgan fingerprint density at radius 1 is 1.13 bits per heavy atom. The van der Waals surface area contributed by atoms with Crippen LogP contribution in [0.4, 0.5) is 4.79 Å². The van der Waals surface area contributed by atoms with Gasteiger partial charge in [0, 0.05) is 37.4 Å². The van der Waals surface area contributed by atoms with Crippen LogP contribution in [0.2, 0.25) is 5.02 Å². The molecule has 2 fully saturated rings. The van der Waals surface area contributed by atoms with Crippen LogP contribution in [0.3, 0.4) is 0 Å². The number of piperidine rings is 1. The van der Waals surface area contributed by atoms with Crippen LogP contribution in [0.15, 0.2) is 36.7 Å². The third-order valence-electron chi connectivity index (χ3n) is 6.31. The van der Waals surface area contributed by atoms with Crippen molar-refractivity contribution in [2.24, 2.45) is 11.1 Å². The smallest absolute Gasteiger partial charge is 0.409 e. The van der Waals surface area contributed by atoms with Crippen molar-refractivity contribution in [2.45, 2.75) is 32.7 Å². The maximum absolute atomic E-state index is 12.6. The Balaban J connectivity index is 1.30. The second-order valence-electron chi connectivity index (χ2n) is 8.73. The maximum atomic E-state index is 12.6. The number of nitrogens with two attached hydrogens (primary N) is 1. The molecular formula is C23H27ClN4O3. The first-order chi connectivity index (χ1) is 14.8. The molecule has 8 heteroatoms. The van der Waals surface area contributed by atoms with E-state index in [2.05, 4.69) is 22.9 Å². The summed E-state index contributed by atoms with van der Waals surface area (Å²) in [5.41, 5.74) is 8.14. The van der Waals surface area contributed by atoms with Crippen LogP contribution in [-0.4, -0.2) is 53.0 Å². The Hall–Kier alpha value is -2.64. The van der Waals surface area contributed by atoms with Crippen molar-refractivity contribution in [1.29, 1.82) is 0 Å². The van der Waals surface area contributed by atoms with E-state index in [1.807, 2.05) is 12.1 Å². The Morgan fingerprint density at radius 2 is 1.87 bits per heavy atom. The molecule has 1 aromatic carbocycles. The predicted molar refractivity (Wildman–Crippen MR) is 118 cm³/mol. The molecule has 7 nitrogen and oxygen atoms in total. The monoisotopic (exact) mass is 442 g/mol. The number of halogens is 1. The lowest BCUT2D eigenvalue weighted by atomic mass is 9.78. The normalized spacial score (nSPS) is 18.3. The third-order valence-corrected chi connectivity index (χ3v) is 6.53. The highest BCUT2D eigenvalue weighted by molar-refractivity contribution is 6.30. The molecule has 0 radical (unpaired) electrons.